The molecule has 1 fully saturated rings. The first-order valence-corrected chi connectivity index (χ1v) is 12.8. The molecule has 0 radical (unpaired) electrons. The van der Waals surface area contributed by atoms with Gasteiger partial charge < -0.3 is 14.7 Å². The highest BCUT2D eigenvalue weighted by Crippen LogP contribution is 2.38. The van der Waals surface area contributed by atoms with Gasteiger partial charge in [-0.15, -0.1) is 11.8 Å². The first kappa shape index (κ1) is 23.1. The highest BCUT2D eigenvalue weighted by Gasteiger charge is 2.34. The van der Waals surface area contributed by atoms with E-state index >= 15 is 0 Å². The maximum atomic E-state index is 13.1. The van der Waals surface area contributed by atoms with Crippen LogP contribution in [0.5, 0.6) is 0 Å². The lowest BCUT2D eigenvalue weighted by molar-refractivity contribution is -0.132. The van der Waals surface area contributed by atoms with Gasteiger partial charge in [0.05, 0.1) is 10.9 Å². The van der Waals surface area contributed by atoms with Crippen molar-refractivity contribution in [2.24, 2.45) is 0 Å². The van der Waals surface area contributed by atoms with E-state index in [9.17, 15) is 18.0 Å². The normalized spacial score (nSPS) is 19.9. The molecule has 2 aliphatic heterocycles. The van der Waals surface area contributed by atoms with Crippen LogP contribution in [0.4, 0.5) is 5.69 Å². The summed E-state index contributed by atoms with van der Waals surface area (Å²) in [6.07, 6.45) is 0.537. The molecular weight excluding hydrogens is 476 g/mol. The second kappa shape index (κ2) is 9.05. The van der Waals surface area contributed by atoms with E-state index in [-0.39, 0.29) is 42.0 Å². The van der Waals surface area contributed by atoms with E-state index in [4.69, 9.17) is 16.1 Å². The van der Waals surface area contributed by atoms with Crippen LogP contribution in [0.2, 0.25) is 5.02 Å². The zero-order valence-electron chi connectivity index (χ0n) is 17.6. The molecule has 1 atom stereocenters. The summed E-state index contributed by atoms with van der Waals surface area (Å²) in [4.78, 5) is 28.0. The van der Waals surface area contributed by atoms with Gasteiger partial charge in [-0.1, -0.05) is 16.8 Å². The number of nitrogens with zero attached hydrogens (tertiary/aromatic N) is 3. The minimum atomic E-state index is -3.77. The fourth-order valence-corrected chi connectivity index (χ4v) is 6.92. The molecule has 2 amide bonds. The second-order valence-corrected chi connectivity index (χ2v) is 11.3. The Labute approximate surface area is 195 Å². The lowest BCUT2D eigenvalue weighted by atomic mass is 10.2. The summed E-state index contributed by atoms with van der Waals surface area (Å²) < 4.78 is 32.5. The number of thioether (sulfide) groups is 1. The number of carbonyl (C=O) groups excluding carboxylic acids is 2. The van der Waals surface area contributed by atoms with Crippen molar-refractivity contribution >= 4 is 50.9 Å². The smallest absolute Gasteiger partial charge is 0.248 e. The molecular formula is C20H23ClN4O5S2. The number of halogens is 1. The molecule has 0 saturated carbocycles. The SMILES string of the molecule is Cc1noc(C)c1S(=O)(=O)N1CCCN(C(=O)CC2Sc3ccc(Cl)cc3NC2=O)CC1. The average Bonchev–Trinajstić information content (AvgIpc) is 2.92. The number of amides is 2. The summed E-state index contributed by atoms with van der Waals surface area (Å²) in [6, 6.07) is 5.25. The molecule has 1 aromatic heterocycles. The molecule has 0 bridgehead atoms. The van der Waals surface area contributed by atoms with Gasteiger partial charge in [-0.2, -0.15) is 4.31 Å². The van der Waals surface area contributed by atoms with E-state index in [0.29, 0.717) is 35.9 Å². The van der Waals surface area contributed by atoms with Crippen molar-refractivity contribution in [1.82, 2.24) is 14.4 Å². The van der Waals surface area contributed by atoms with Gasteiger partial charge in [-0.25, -0.2) is 8.42 Å². The van der Waals surface area contributed by atoms with Gasteiger partial charge in [0.15, 0.2) is 5.76 Å². The average molecular weight is 499 g/mol. The molecule has 1 aromatic carbocycles. The van der Waals surface area contributed by atoms with Gasteiger partial charge in [0.25, 0.3) is 0 Å². The van der Waals surface area contributed by atoms with Crippen LogP contribution in [-0.2, 0) is 19.6 Å². The lowest BCUT2D eigenvalue weighted by Gasteiger charge is -2.27. The molecule has 1 saturated heterocycles. The Morgan fingerprint density at radius 1 is 1.28 bits per heavy atom. The summed E-state index contributed by atoms with van der Waals surface area (Å²) in [5.74, 6) is -0.163. The van der Waals surface area contributed by atoms with Gasteiger partial charge in [-0.3, -0.25) is 9.59 Å². The molecule has 2 aromatic rings. The van der Waals surface area contributed by atoms with Crippen molar-refractivity contribution in [3.63, 3.8) is 0 Å². The van der Waals surface area contributed by atoms with Gasteiger partial charge in [-0.05, 0) is 38.5 Å². The van der Waals surface area contributed by atoms with E-state index in [1.54, 1.807) is 30.9 Å². The zero-order valence-corrected chi connectivity index (χ0v) is 20.0. The summed E-state index contributed by atoms with van der Waals surface area (Å²) in [5.41, 5.74) is 0.965. The molecule has 2 aliphatic rings. The predicted molar refractivity (Wildman–Crippen MR) is 120 cm³/mol. The van der Waals surface area contributed by atoms with Gasteiger partial charge in [0, 0.05) is 42.5 Å². The number of nitrogens with one attached hydrogen (secondary N) is 1. The third-order valence-electron chi connectivity index (χ3n) is 5.49. The number of aryl methyl sites for hydroxylation is 2. The molecule has 0 aliphatic carbocycles. The predicted octanol–water partition coefficient (Wildman–Crippen LogP) is 2.67. The number of hydrogen-bond acceptors (Lipinski definition) is 7. The summed E-state index contributed by atoms with van der Waals surface area (Å²) in [6.45, 7) is 4.31. The monoisotopic (exact) mass is 498 g/mol. The molecule has 32 heavy (non-hydrogen) atoms. The first-order chi connectivity index (χ1) is 15.2. The van der Waals surface area contributed by atoms with Crippen molar-refractivity contribution in [2.45, 2.75) is 41.7 Å². The number of benzene rings is 1. The fraction of sp³-hybridized carbons (Fsp3) is 0.450. The van der Waals surface area contributed by atoms with Crippen LogP contribution in [0.15, 0.2) is 32.5 Å². The van der Waals surface area contributed by atoms with Gasteiger partial charge in [0.2, 0.25) is 21.8 Å². The van der Waals surface area contributed by atoms with E-state index in [1.165, 1.54) is 16.1 Å². The molecule has 9 nitrogen and oxygen atoms in total. The fourth-order valence-electron chi connectivity index (χ4n) is 3.90. The van der Waals surface area contributed by atoms with Crippen LogP contribution in [0.25, 0.3) is 0 Å². The Bertz CT molecular complexity index is 1150. The zero-order chi connectivity index (χ0) is 23.0. The largest absolute Gasteiger partial charge is 0.360 e. The van der Waals surface area contributed by atoms with Gasteiger partial charge >= 0.3 is 0 Å². The van der Waals surface area contributed by atoms with Crippen molar-refractivity contribution < 1.29 is 22.5 Å². The van der Waals surface area contributed by atoms with E-state index < -0.39 is 15.3 Å². The molecule has 0 spiro atoms. The van der Waals surface area contributed by atoms with Crippen LogP contribution in [-0.4, -0.2) is 66.0 Å². The molecule has 4 rings (SSSR count). The van der Waals surface area contributed by atoms with E-state index in [1.807, 2.05) is 6.07 Å². The summed E-state index contributed by atoms with van der Waals surface area (Å²) >= 11 is 7.31. The standard InChI is InChI=1S/C20H23ClN4O5S2/c1-12-19(13(2)30-23-12)32(28,29)25-7-3-6-24(8-9-25)18(26)11-17-20(27)22-15-10-14(21)4-5-16(15)31-17/h4-5,10,17H,3,6-9,11H2,1-2H3,(H,22,27). The first-order valence-electron chi connectivity index (χ1n) is 10.1. The Hall–Kier alpha value is -2.08. The number of carbonyl (C=O) groups is 2. The Morgan fingerprint density at radius 3 is 2.78 bits per heavy atom. The Morgan fingerprint density at radius 2 is 2.06 bits per heavy atom. The minimum Gasteiger partial charge on any atom is -0.360 e. The number of anilines is 1. The Balaban J connectivity index is 1.41. The quantitative estimate of drug-likeness (QED) is 0.689. The van der Waals surface area contributed by atoms with Crippen LogP contribution in [0.1, 0.15) is 24.3 Å². The third-order valence-corrected chi connectivity index (χ3v) is 9.15. The molecule has 1 N–H and O–H groups in total. The highest BCUT2D eigenvalue weighted by atomic mass is 35.5. The van der Waals surface area contributed by atoms with Crippen LogP contribution in [0, 0.1) is 13.8 Å². The van der Waals surface area contributed by atoms with Crippen molar-refractivity contribution in [1.29, 1.82) is 0 Å². The second-order valence-electron chi connectivity index (χ2n) is 7.73. The molecule has 3 heterocycles. The maximum Gasteiger partial charge on any atom is 0.248 e. The number of rotatable bonds is 4. The van der Waals surface area contributed by atoms with Gasteiger partial charge in [0.1, 0.15) is 10.6 Å². The Kier molecular flexibility index (Phi) is 6.53. The number of fused-ring (bicyclic) bond motifs is 1. The summed E-state index contributed by atoms with van der Waals surface area (Å²) in [5, 5.41) is 6.52. The minimum absolute atomic E-state index is 0.0369. The van der Waals surface area contributed by atoms with Crippen molar-refractivity contribution in [3.8, 4) is 0 Å². The third kappa shape index (κ3) is 4.52. The highest BCUT2D eigenvalue weighted by molar-refractivity contribution is 8.01. The van der Waals surface area contributed by atoms with Crippen molar-refractivity contribution in [2.75, 3.05) is 31.5 Å². The van der Waals surface area contributed by atoms with Crippen LogP contribution in [0.3, 0.4) is 0 Å². The van der Waals surface area contributed by atoms with Crippen LogP contribution >= 0.6 is 23.4 Å². The topological polar surface area (TPSA) is 113 Å². The summed E-state index contributed by atoms with van der Waals surface area (Å²) in [7, 11) is -3.77. The van der Waals surface area contributed by atoms with Crippen LogP contribution < -0.4 is 5.32 Å². The molecule has 172 valence electrons. The number of aromatic nitrogens is 1. The maximum absolute atomic E-state index is 13.1. The number of hydrogen-bond donors (Lipinski definition) is 1. The number of sulfonamides is 1. The molecule has 1 unspecified atom stereocenters. The van der Waals surface area contributed by atoms with Crippen molar-refractivity contribution in [3.05, 3.63) is 34.7 Å². The van der Waals surface area contributed by atoms with E-state index in [0.717, 1.165) is 4.90 Å². The van der Waals surface area contributed by atoms with E-state index in [2.05, 4.69) is 10.5 Å². The molecule has 12 heteroatoms. The lowest BCUT2D eigenvalue weighted by Crippen LogP contribution is -2.40.